The van der Waals surface area contributed by atoms with E-state index in [9.17, 15) is 22.8 Å². The lowest BCUT2D eigenvalue weighted by molar-refractivity contribution is -0.137. The molecule has 1 aliphatic heterocycles. The number of nitrogens with two attached hydrogens (primary N) is 1. The van der Waals surface area contributed by atoms with Gasteiger partial charge in [-0.3, -0.25) is 9.69 Å². The van der Waals surface area contributed by atoms with Crippen LogP contribution in [0.15, 0.2) is 48.5 Å². The summed E-state index contributed by atoms with van der Waals surface area (Å²) in [4.78, 5) is 26.6. The Kier molecular flexibility index (Phi) is 5.28. The van der Waals surface area contributed by atoms with E-state index in [0.29, 0.717) is 32.2 Å². The Morgan fingerprint density at radius 1 is 1.13 bits per heavy atom. The molecule has 0 aromatic heterocycles. The molecule has 3 N–H and O–H groups in total. The Bertz CT molecular complexity index is 986. The maximum atomic E-state index is 12.9. The van der Waals surface area contributed by atoms with Gasteiger partial charge in [0, 0.05) is 11.6 Å². The summed E-state index contributed by atoms with van der Waals surface area (Å²) < 4.78 is 44.5. The third-order valence-corrected chi connectivity index (χ3v) is 5.94. The number of benzene rings is 2. The largest absolute Gasteiger partial charge is 0.441 e. The summed E-state index contributed by atoms with van der Waals surface area (Å²) in [6.45, 7) is 0.408. The van der Waals surface area contributed by atoms with E-state index >= 15 is 0 Å². The van der Waals surface area contributed by atoms with E-state index in [-0.39, 0.29) is 17.3 Å². The first kappa shape index (κ1) is 21.0. The molecule has 1 saturated carbocycles. The zero-order valence-corrected chi connectivity index (χ0v) is 16.6. The standard InChI is InChI=1S/C22H22F3N3O3/c23-22(24,25)15-6-7-17(26)18(12-15)27-19(29)14-8-10-21(11-9-14)13-28(20(30)31-21)16-4-2-1-3-5-16/h1-7,12,14H,8-11,13,26H2,(H,27,29). The fraction of sp³-hybridized carbons (Fsp3) is 0.364. The average molecular weight is 433 g/mol. The highest BCUT2D eigenvalue weighted by Crippen LogP contribution is 2.41. The molecule has 2 aromatic carbocycles. The Hall–Kier alpha value is -3.23. The number of para-hydroxylation sites is 1. The number of amides is 2. The summed E-state index contributed by atoms with van der Waals surface area (Å²) in [5.74, 6) is -0.783. The number of anilines is 3. The molecular weight excluding hydrogens is 411 g/mol. The topological polar surface area (TPSA) is 84.7 Å². The predicted molar refractivity (Wildman–Crippen MR) is 109 cm³/mol. The Morgan fingerprint density at radius 2 is 1.81 bits per heavy atom. The molecule has 4 rings (SSSR count). The van der Waals surface area contributed by atoms with Gasteiger partial charge in [-0.05, 0) is 56.0 Å². The molecule has 164 valence electrons. The van der Waals surface area contributed by atoms with Gasteiger partial charge in [-0.15, -0.1) is 0 Å². The van der Waals surface area contributed by atoms with Crippen LogP contribution in [0.2, 0.25) is 0 Å². The first-order valence-electron chi connectivity index (χ1n) is 10.0. The van der Waals surface area contributed by atoms with Gasteiger partial charge in [-0.2, -0.15) is 13.2 Å². The van der Waals surface area contributed by atoms with Gasteiger partial charge in [0.1, 0.15) is 5.60 Å². The van der Waals surface area contributed by atoms with Crippen LogP contribution in [0.1, 0.15) is 31.2 Å². The summed E-state index contributed by atoms with van der Waals surface area (Å²) in [6, 6.07) is 12.1. The minimum atomic E-state index is -4.53. The Labute approximate surface area is 177 Å². The molecule has 2 amide bonds. The van der Waals surface area contributed by atoms with Crippen molar-refractivity contribution in [1.82, 2.24) is 0 Å². The fourth-order valence-electron chi connectivity index (χ4n) is 4.17. The molecule has 0 radical (unpaired) electrons. The second-order valence-corrected chi connectivity index (χ2v) is 8.04. The summed E-state index contributed by atoms with van der Waals surface area (Å²) in [7, 11) is 0. The summed E-state index contributed by atoms with van der Waals surface area (Å²) in [5, 5.41) is 2.53. The monoisotopic (exact) mass is 433 g/mol. The number of carbonyl (C=O) groups excluding carboxylic acids is 2. The zero-order chi connectivity index (χ0) is 22.2. The molecule has 2 fully saturated rings. The molecule has 2 aromatic rings. The fourth-order valence-corrected chi connectivity index (χ4v) is 4.17. The number of carbonyl (C=O) groups is 2. The maximum Gasteiger partial charge on any atom is 0.416 e. The molecule has 31 heavy (non-hydrogen) atoms. The lowest BCUT2D eigenvalue weighted by Crippen LogP contribution is -2.41. The molecule has 0 unspecified atom stereocenters. The quantitative estimate of drug-likeness (QED) is 0.681. The molecule has 0 atom stereocenters. The second-order valence-electron chi connectivity index (χ2n) is 8.04. The van der Waals surface area contributed by atoms with E-state index in [4.69, 9.17) is 10.5 Å². The van der Waals surface area contributed by atoms with Crippen LogP contribution in [0.4, 0.5) is 35.0 Å². The van der Waals surface area contributed by atoms with E-state index in [1.54, 1.807) is 4.90 Å². The molecule has 1 heterocycles. The van der Waals surface area contributed by atoms with Crippen molar-refractivity contribution in [1.29, 1.82) is 0 Å². The summed E-state index contributed by atoms with van der Waals surface area (Å²) in [5.41, 5.74) is 4.98. The number of halogens is 3. The van der Waals surface area contributed by atoms with Crippen LogP contribution in [-0.2, 0) is 15.7 Å². The third kappa shape index (κ3) is 4.30. The lowest BCUT2D eigenvalue weighted by atomic mass is 9.78. The highest BCUT2D eigenvalue weighted by atomic mass is 19.4. The lowest BCUT2D eigenvalue weighted by Gasteiger charge is -2.34. The van der Waals surface area contributed by atoms with Crippen molar-refractivity contribution in [3.63, 3.8) is 0 Å². The van der Waals surface area contributed by atoms with Gasteiger partial charge in [0.25, 0.3) is 0 Å². The molecule has 9 heteroatoms. The number of hydrogen-bond acceptors (Lipinski definition) is 4. The van der Waals surface area contributed by atoms with Gasteiger partial charge in [0.15, 0.2) is 0 Å². The van der Waals surface area contributed by atoms with E-state index in [1.165, 1.54) is 0 Å². The number of nitrogens with one attached hydrogen (secondary N) is 1. The second kappa shape index (κ2) is 7.79. The van der Waals surface area contributed by atoms with Gasteiger partial charge in [-0.25, -0.2) is 4.79 Å². The van der Waals surface area contributed by atoms with Crippen molar-refractivity contribution >= 4 is 29.1 Å². The summed E-state index contributed by atoms with van der Waals surface area (Å²) in [6.07, 6.45) is -3.02. The highest BCUT2D eigenvalue weighted by Gasteiger charge is 2.48. The summed E-state index contributed by atoms with van der Waals surface area (Å²) >= 11 is 0. The first-order valence-corrected chi connectivity index (χ1v) is 10.0. The number of rotatable bonds is 3. The van der Waals surface area contributed by atoms with Crippen molar-refractivity contribution in [3.8, 4) is 0 Å². The van der Waals surface area contributed by atoms with Crippen LogP contribution < -0.4 is 16.0 Å². The Balaban J connectivity index is 1.39. The van der Waals surface area contributed by atoms with Crippen LogP contribution >= 0.6 is 0 Å². The molecular formula is C22H22F3N3O3. The van der Waals surface area contributed by atoms with Gasteiger partial charge >= 0.3 is 12.3 Å². The number of nitrogens with zero attached hydrogens (tertiary/aromatic N) is 1. The van der Waals surface area contributed by atoms with Gasteiger partial charge in [0.2, 0.25) is 5.91 Å². The molecule has 2 aliphatic rings. The molecule has 1 spiro atoms. The normalized spacial score (nSPS) is 23.6. The van der Waals surface area contributed by atoms with Crippen LogP contribution in [0.25, 0.3) is 0 Å². The number of hydrogen-bond donors (Lipinski definition) is 2. The van der Waals surface area contributed by atoms with E-state index in [0.717, 1.165) is 23.9 Å². The number of nitrogen functional groups attached to an aromatic ring is 1. The predicted octanol–water partition coefficient (Wildman–Crippen LogP) is 4.81. The van der Waals surface area contributed by atoms with Crippen LogP contribution in [0.5, 0.6) is 0 Å². The van der Waals surface area contributed by atoms with Gasteiger partial charge < -0.3 is 15.8 Å². The number of ether oxygens (including phenoxy) is 1. The first-order chi connectivity index (χ1) is 14.7. The SMILES string of the molecule is Nc1ccc(C(F)(F)F)cc1NC(=O)C1CCC2(CC1)CN(c1ccccc1)C(=O)O2. The van der Waals surface area contributed by atoms with E-state index < -0.39 is 29.4 Å². The Morgan fingerprint density at radius 3 is 2.45 bits per heavy atom. The van der Waals surface area contributed by atoms with Crippen molar-refractivity contribution in [2.45, 2.75) is 37.5 Å². The van der Waals surface area contributed by atoms with Crippen molar-refractivity contribution in [2.24, 2.45) is 5.92 Å². The highest BCUT2D eigenvalue weighted by molar-refractivity contribution is 5.95. The molecule has 0 bridgehead atoms. The van der Waals surface area contributed by atoms with Crippen molar-refractivity contribution in [3.05, 3.63) is 54.1 Å². The average Bonchev–Trinajstić information content (AvgIpc) is 3.05. The van der Waals surface area contributed by atoms with Crippen molar-refractivity contribution in [2.75, 3.05) is 22.5 Å². The molecule has 1 saturated heterocycles. The van der Waals surface area contributed by atoms with Gasteiger partial charge in [-0.1, -0.05) is 18.2 Å². The van der Waals surface area contributed by atoms with Crippen LogP contribution in [0.3, 0.4) is 0 Å². The van der Waals surface area contributed by atoms with E-state index in [2.05, 4.69) is 5.32 Å². The van der Waals surface area contributed by atoms with Gasteiger partial charge in [0.05, 0.1) is 23.5 Å². The smallest absolute Gasteiger partial charge is 0.416 e. The minimum absolute atomic E-state index is 0.0531. The van der Waals surface area contributed by atoms with Crippen LogP contribution in [0, 0.1) is 5.92 Å². The van der Waals surface area contributed by atoms with Crippen molar-refractivity contribution < 1.29 is 27.5 Å². The van der Waals surface area contributed by atoms with Crippen LogP contribution in [-0.4, -0.2) is 24.1 Å². The molecule has 6 nitrogen and oxygen atoms in total. The number of alkyl halides is 3. The van der Waals surface area contributed by atoms with E-state index in [1.807, 2.05) is 30.3 Å². The zero-order valence-electron chi connectivity index (χ0n) is 16.6. The molecule has 1 aliphatic carbocycles. The maximum absolute atomic E-state index is 12.9. The minimum Gasteiger partial charge on any atom is -0.441 e. The third-order valence-electron chi connectivity index (χ3n) is 5.94.